The van der Waals surface area contributed by atoms with E-state index in [1.165, 1.54) is 4.88 Å². The first-order valence-electron chi connectivity index (χ1n) is 9.23. The van der Waals surface area contributed by atoms with E-state index in [-0.39, 0.29) is 11.9 Å². The molecule has 0 radical (unpaired) electrons. The first-order chi connectivity index (χ1) is 13.1. The zero-order valence-electron chi connectivity index (χ0n) is 15.8. The molecule has 1 atom stereocenters. The van der Waals surface area contributed by atoms with Crippen molar-refractivity contribution in [2.24, 2.45) is 5.92 Å². The van der Waals surface area contributed by atoms with Gasteiger partial charge < -0.3 is 9.73 Å². The third kappa shape index (κ3) is 5.81. The van der Waals surface area contributed by atoms with E-state index >= 15 is 0 Å². The van der Waals surface area contributed by atoms with Crippen molar-refractivity contribution in [3.8, 4) is 0 Å². The Morgan fingerprint density at radius 1 is 1.07 bits per heavy atom. The molecule has 0 aliphatic rings. The summed E-state index contributed by atoms with van der Waals surface area (Å²) >= 11 is 1.70. The number of thiophene rings is 1. The van der Waals surface area contributed by atoms with E-state index in [0.29, 0.717) is 19.0 Å². The SMILES string of the molecule is CC(C)C(NC(=O)CN(Cc1ccco1)Cc1cccs1)c1ccccc1. The van der Waals surface area contributed by atoms with Crippen LogP contribution < -0.4 is 5.32 Å². The van der Waals surface area contributed by atoms with Crippen molar-refractivity contribution in [1.82, 2.24) is 10.2 Å². The van der Waals surface area contributed by atoms with Gasteiger partial charge in [-0.2, -0.15) is 0 Å². The molecule has 0 bridgehead atoms. The third-order valence-electron chi connectivity index (χ3n) is 4.43. The van der Waals surface area contributed by atoms with Gasteiger partial charge in [0, 0.05) is 11.4 Å². The molecule has 1 N–H and O–H groups in total. The van der Waals surface area contributed by atoms with Crippen molar-refractivity contribution >= 4 is 17.2 Å². The van der Waals surface area contributed by atoms with Crippen molar-refractivity contribution < 1.29 is 9.21 Å². The fourth-order valence-electron chi connectivity index (χ4n) is 3.13. The van der Waals surface area contributed by atoms with E-state index in [0.717, 1.165) is 17.9 Å². The third-order valence-corrected chi connectivity index (χ3v) is 5.29. The topological polar surface area (TPSA) is 45.5 Å². The molecular weight excluding hydrogens is 356 g/mol. The molecule has 27 heavy (non-hydrogen) atoms. The van der Waals surface area contributed by atoms with Crippen LogP contribution in [0.2, 0.25) is 0 Å². The summed E-state index contributed by atoms with van der Waals surface area (Å²) in [6.07, 6.45) is 1.67. The van der Waals surface area contributed by atoms with Gasteiger partial charge in [0.1, 0.15) is 5.76 Å². The zero-order chi connectivity index (χ0) is 19.1. The van der Waals surface area contributed by atoms with Crippen LogP contribution in [-0.2, 0) is 17.9 Å². The van der Waals surface area contributed by atoms with E-state index in [9.17, 15) is 4.79 Å². The van der Waals surface area contributed by atoms with Crippen LogP contribution in [0.3, 0.4) is 0 Å². The van der Waals surface area contributed by atoms with Gasteiger partial charge in [0.25, 0.3) is 0 Å². The maximum atomic E-state index is 12.8. The van der Waals surface area contributed by atoms with E-state index < -0.39 is 0 Å². The number of hydrogen-bond acceptors (Lipinski definition) is 4. The standard InChI is InChI=1S/C22H26N2O2S/c1-17(2)22(18-8-4-3-5-9-18)23-21(25)16-24(14-19-10-6-12-26-19)15-20-11-7-13-27-20/h3-13,17,22H,14-16H2,1-2H3,(H,23,25). The summed E-state index contributed by atoms with van der Waals surface area (Å²) in [7, 11) is 0. The van der Waals surface area contributed by atoms with Crippen LogP contribution in [0.5, 0.6) is 0 Å². The molecule has 0 aliphatic carbocycles. The van der Waals surface area contributed by atoms with Gasteiger partial charge in [-0.3, -0.25) is 9.69 Å². The second-order valence-corrected chi connectivity index (χ2v) is 8.04. The number of benzene rings is 1. The van der Waals surface area contributed by atoms with Gasteiger partial charge in [-0.1, -0.05) is 50.2 Å². The highest BCUT2D eigenvalue weighted by Gasteiger charge is 2.20. The van der Waals surface area contributed by atoms with E-state index in [4.69, 9.17) is 4.42 Å². The number of amides is 1. The summed E-state index contributed by atoms with van der Waals surface area (Å²) in [5.74, 6) is 1.20. The molecular formula is C22H26N2O2S. The monoisotopic (exact) mass is 382 g/mol. The molecule has 142 valence electrons. The molecule has 0 saturated heterocycles. The Kier molecular flexibility index (Phi) is 6.85. The maximum Gasteiger partial charge on any atom is 0.234 e. The molecule has 0 saturated carbocycles. The highest BCUT2D eigenvalue weighted by molar-refractivity contribution is 7.09. The lowest BCUT2D eigenvalue weighted by Gasteiger charge is -2.25. The molecule has 1 aromatic carbocycles. The normalized spacial score (nSPS) is 12.4. The van der Waals surface area contributed by atoms with Crippen molar-refractivity contribution in [3.63, 3.8) is 0 Å². The van der Waals surface area contributed by atoms with E-state index in [2.05, 4.69) is 47.6 Å². The summed E-state index contributed by atoms with van der Waals surface area (Å²) < 4.78 is 5.48. The second-order valence-electron chi connectivity index (χ2n) is 7.00. The number of nitrogens with zero attached hydrogens (tertiary/aromatic N) is 1. The summed E-state index contributed by atoms with van der Waals surface area (Å²) in [4.78, 5) is 16.2. The Morgan fingerprint density at radius 3 is 2.52 bits per heavy atom. The quantitative estimate of drug-likeness (QED) is 0.575. The fraction of sp³-hybridized carbons (Fsp3) is 0.318. The largest absolute Gasteiger partial charge is 0.468 e. The van der Waals surface area contributed by atoms with Gasteiger partial charge >= 0.3 is 0 Å². The van der Waals surface area contributed by atoms with Gasteiger partial charge in [0.15, 0.2) is 0 Å². The minimum atomic E-state index is 0.00546. The van der Waals surface area contributed by atoms with E-state index in [1.54, 1.807) is 17.6 Å². The van der Waals surface area contributed by atoms with Crippen molar-refractivity contribution in [1.29, 1.82) is 0 Å². The van der Waals surface area contributed by atoms with Gasteiger partial charge in [0.2, 0.25) is 5.91 Å². The average molecular weight is 383 g/mol. The Hall–Kier alpha value is -2.37. The van der Waals surface area contributed by atoms with Crippen molar-refractivity contribution in [3.05, 3.63) is 82.4 Å². The van der Waals surface area contributed by atoms with Crippen molar-refractivity contribution in [2.45, 2.75) is 33.0 Å². The summed E-state index contributed by atoms with van der Waals surface area (Å²) in [5, 5.41) is 5.27. The molecule has 3 rings (SSSR count). The van der Waals surface area contributed by atoms with Gasteiger partial charge in [-0.15, -0.1) is 11.3 Å². The maximum absolute atomic E-state index is 12.8. The highest BCUT2D eigenvalue weighted by Crippen LogP contribution is 2.21. The molecule has 5 heteroatoms. The molecule has 1 amide bonds. The molecule has 0 aliphatic heterocycles. The first-order valence-corrected chi connectivity index (χ1v) is 10.1. The summed E-state index contributed by atoms with van der Waals surface area (Å²) in [6.45, 7) is 5.92. The molecule has 2 heterocycles. The average Bonchev–Trinajstić information content (AvgIpc) is 3.34. The zero-order valence-corrected chi connectivity index (χ0v) is 16.6. The fourth-order valence-corrected chi connectivity index (χ4v) is 3.88. The van der Waals surface area contributed by atoms with Crippen LogP contribution in [-0.4, -0.2) is 17.4 Å². The molecule has 1 unspecified atom stereocenters. The van der Waals surface area contributed by atoms with E-state index in [1.807, 2.05) is 36.4 Å². The number of rotatable bonds is 9. The molecule has 0 spiro atoms. The molecule has 4 nitrogen and oxygen atoms in total. The van der Waals surface area contributed by atoms with Crippen LogP contribution in [0, 0.1) is 5.92 Å². The number of nitrogens with one attached hydrogen (secondary N) is 1. The Balaban J connectivity index is 1.67. The predicted molar refractivity (Wildman–Crippen MR) is 109 cm³/mol. The minimum Gasteiger partial charge on any atom is -0.468 e. The summed E-state index contributed by atoms with van der Waals surface area (Å²) in [5.41, 5.74) is 1.14. The highest BCUT2D eigenvalue weighted by atomic mass is 32.1. The van der Waals surface area contributed by atoms with Crippen LogP contribution in [0.25, 0.3) is 0 Å². The Morgan fingerprint density at radius 2 is 1.89 bits per heavy atom. The molecule has 2 aromatic heterocycles. The van der Waals surface area contributed by atoms with Gasteiger partial charge in [-0.25, -0.2) is 0 Å². The first kappa shape index (κ1) is 19.4. The lowest BCUT2D eigenvalue weighted by atomic mass is 9.96. The predicted octanol–water partition coefficient (Wildman–Crippen LogP) is 4.86. The number of carbonyl (C=O) groups excluding carboxylic acids is 1. The van der Waals surface area contributed by atoms with Crippen LogP contribution in [0.15, 0.2) is 70.7 Å². The molecule has 3 aromatic rings. The van der Waals surface area contributed by atoms with Crippen molar-refractivity contribution in [2.75, 3.05) is 6.54 Å². The number of hydrogen-bond donors (Lipinski definition) is 1. The lowest BCUT2D eigenvalue weighted by molar-refractivity contribution is -0.123. The van der Waals surface area contributed by atoms with Crippen LogP contribution >= 0.6 is 11.3 Å². The Bertz CT molecular complexity index is 762. The second kappa shape index (κ2) is 9.53. The molecule has 0 fully saturated rings. The van der Waals surface area contributed by atoms with Gasteiger partial charge in [0.05, 0.1) is 25.4 Å². The minimum absolute atomic E-state index is 0.00546. The smallest absolute Gasteiger partial charge is 0.234 e. The Labute approximate surface area is 164 Å². The van der Waals surface area contributed by atoms with Crippen LogP contribution in [0.4, 0.5) is 0 Å². The number of carbonyl (C=O) groups is 1. The lowest BCUT2D eigenvalue weighted by Crippen LogP contribution is -2.39. The summed E-state index contributed by atoms with van der Waals surface area (Å²) in [6, 6.07) is 18.1. The van der Waals surface area contributed by atoms with Crippen LogP contribution in [0.1, 0.15) is 36.1 Å². The number of furan rings is 1. The van der Waals surface area contributed by atoms with Gasteiger partial charge in [-0.05, 0) is 35.1 Å².